The van der Waals surface area contributed by atoms with Crippen LogP contribution in [0, 0.1) is 11.3 Å². The Hall–Kier alpha value is -2.19. The summed E-state index contributed by atoms with van der Waals surface area (Å²) in [7, 11) is 0. The fraction of sp³-hybridized carbons (Fsp3) is 0.214. The lowest BCUT2D eigenvalue weighted by Gasteiger charge is -2.11. The first-order chi connectivity index (χ1) is 9.20. The highest BCUT2D eigenvalue weighted by atomic mass is 32.1. The van der Waals surface area contributed by atoms with Gasteiger partial charge in [-0.3, -0.25) is 4.98 Å². The van der Waals surface area contributed by atoms with Crippen LogP contribution < -0.4 is 0 Å². The summed E-state index contributed by atoms with van der Waals surface area (Å²) < 4.78 is 2.18. The number of nitriles is 1. The number of rotatable bonds is 2. The summed E-state index contributed by atoms with van der Waals surface area (Å²) in [6.07, 6.45) is 1.83. The fourth-order valence-electron chi connectivity index (χ4n) is 2.19. The van der Waals surface area contributed by atoms with Crippen LogP contribution in [0.4, 0.5) is 0 Å². The summed E-state index contributed by atoms with van der Waals surface area (Å²) in [5.74, 6) is 0.919. The van der Waals surface area contributed by atoms with E-state index in [2.05, 4.69) is 34.5 Å². The molecule has 0 bridgehead atoms. The second-order valence-electron chi connectivity index (χ2n) is 4.58. The molecule has 0 aliphatic heterocycles. The second-order valence-corrected chi connectivity index (χ2v) is 5.47. The van der Waals surface area contributed by atoms with Crippen molar-refractivity contribution in [2.45, 2.75) is 19.9 Å². The summed E-state index contributed by atoms with van der Waals surface area (Å²) in [4.78, 5) is 9.83. The van der Waals surface area contributed by atoms with Gasteiger partial charge in [-0.25, -0.2) is 4.98 Å². The third kappa shape index (κ3) is 1.90. The highest BCUT2D eigenvalue weighted by molar-refractivity contribution is 7.13. The number of hydrogen-bond donors (Lipinski definition) is 0. The van der Waals surface area contributed by atoms with Gasteiger partial charge < -0.3 is 4.57 Å². The molecule has 2 heterocycles. The summed E-state index contributed by atoms with van der Waals surface area (Å²) in [6, 6.07) is 8.08. The third-order valence-corrected chi connectivity index (χ3v) is 3.76. The predicted octanol–water partition coefficient (Wildman–Crippen LogP) is 3.61. The molecule has 4 nitrogen and oxygen atoms in total. The van der Waals surface area contributed by atoms with E-state index in [-0.39, 0.29) is 0 Å². The van der Waals surface area contributed by atoms with Crippen molar-refractivity contribution in [3.05, 3.63) is 35.5 Å². The summed E-state index contributed by atoms with van der Waals surface area (Å²) in [6.45, 7) is 4.26. The van der Waals surface area contributed by atoms with Crippen molar-refractivity contribution in [2.24, 2.45) is 0 Å². The lowest BCUT2D eigenvalue weighted by Crippen LogP contribution is -2.02. The van der Waals surface area contributed by atoms with Crippen LogP contribution in [0.2, 0.25) is 0 Å². The number of imidazole rings is 1. The van der Waals surface area contributed by atoms with Gasteiger partial charge in [0, 0.05) is 12.2 Å². The highest BCUT2D eigenvalue weighted by Crippen LogP contribution is 2.30. The van der Waals surface area contributed by atoms with E-state index in [0.717, 1.165) is 21.7 Å². The molecule has 0 spiro atoms. The summed E-state index contributed by atoms with van der Waals surface area (Å²) in [5.41, 5.74) is 4.35. The smallest absolute Gasteiger partial charge is 0.153 e. The molecule has 0 N–H and O–H groups in total. The zero-order valence-electron chi connectivity index (χ0n) is 10.7. The number of fused-ring (bicyclic) bond motifs is 1. The van der Waals surface area contributed by atoms with Crippen molar-refractivity contribution in [1.82, 2.24) is 14.5 Å². The molecule has 0 saturated heterocycles. The number of hydrogen-bond acceptors (Lipinski definition) is 4. The molecule has 0 fully saturated rings. The molecule has 2 aromatic heterocycles. The van der Waals surface area contributed by atoms with E-state index in [0.29, 0.717) is 11.6 Å². The molecule has 3 rings (SSSR count). The quantitative estimate of drug-likeness (QED) is 0.713. The van der Waals surface area contributed by atoms with Crippen molar-refractivity contribution >= 4 is 22.4 Å². The van der Waals surface area contributed by atoms with Crippen LogP contribution in [0.5, 0.6) is 0 Å². The molecular formula is C14H12N4S. The van der Waals surface area contributed by atoms with E-state index in [4.69, 9.17) is 5.26 Å². The van der Waals surface area contributed by atoms with Crippen LogP contribution in [-0.2, 0) is 0 Å². The Morgan fingerprint density at radius 2 is 2.21 bits per heavy atom. The summed E-state index contributed by atoms with van der Waals surface area (Å²) >= 11 is 1.57. The number of aromatic nitrogens is 3. The van der Waals surface area contributed by atoms with E-state index in [1.165, 1.54) is 0 Å². The van der Waals surface area contributed by atoms with Gasteiger partial charge in [-0.05, 0) is 32.0 Å². The molecular weight excluding hydrogens is 256 g/mol. The normalized spacial score (nSPS) is 11.1. The van der Waals surface area contributed by atoms with Gasteiger partial charge in [-0.1, -0.05) is 0 Å². The van der Waals surface area contributed by atoms with Gasteiger partial charge in [0.2, 0.25) is 0 Å². The first-order valence-corrected chi connectivity index (χ1v) is 6.89. The standard InChI is InChI=1S/C14H12N4S/c1-9(2)18-12-4-3-10(6-15)5-11(12)17-14(18)13-7-16-8-19-13/h3-5,7-9H,1-2H3. The Labute approximate surface area is 115 Å². The average Bonchev–Trinajstić information content (AvgIpc) is 3.04. The first-order valence-electron chi connectivity index (χ1n) is 6.01. The Kier molecular flexibility index (Phi) is 2.80. The van der Waals surface area contributed by atoms with Crippen molar-refractivity contribution in [2.75, 3.05) is 0 Å². The molecule has 3 aromatic rings. The minimum absolute atomic E-state index is 0.301. The van der Waals surface area contributed by atoms with Crippen molar-refractivity contribution in [3.63, 3.8) is 0 Å². The first kappa shape index (κ1) is 11.9. The van der Waals surface area contributed by atoms with E-state index < -0.39 is 0 Å². The fourth-order valence-corrected chi connectivity index (χ4v) is 2.80. The molecule has 0 saturated carbocycles. The number of benzene rings is 1. The van der Waals surface area contributed by atoms with E-state index in [1.54, 1.807) is 16.8 Å². The van der Waals surface area contributed by atoms with Crippen LogP contribution in [0.15, 0.2) is 29.9 Å². The van der Waals surface area contributed by atoms with Crippen LogP contribution in [0.1, 0.15) is 25.5 Å². The lowest BCUT2D eigenvalue weighted by atomic mass is 10.2. The Bertz CT molecular complexity index is 763. The van der Waals surface area contributed by atoms with Crippen LogP contribution in [0.3, 0.4) is 0 Å². The second kappa shape index (κ2) is 4.48. The van der Waals surface area contributed by atoms with E-state index in [1.807, 2.05) is 24.4 Å². The van der Waals surface area contributed by atoms with Gasteiger partial charge in [-0.2, -0.15) is 5.26 Å². The Morgan fingerprint density at radius 1 is 1.37 bits per heavy atom. The van der Waals surface area contributed by atoms with Crippen LogP contribution in [0.25, 0.3) is 21.7 Å². The zero-order chi connectivity index (χ0) is 13.4. The molecule has 1 aromatic carbocycles. The molecule has 94 valence electrons. The van der Waals surface area contributed by atoms with Crippen molar-refractivity contribution < 1.29 is 0 Å². The number of nitrogens with zero attached hydrogens (tertiary/aromatic N) is 4. The molecule has 0 aliphatic rings. The predicted molar refractivity (Wildman–Crippen MR) is 75.9 cm³/mol. The SMILES string of the molecule is CC(C)n1c(-c2cncs2)nc2cc(C#N)ccc21. The minimum atomic E-state index is 0.301. The lowest BCUT2D eigenvalue weighted by molar-refractivity contribution is 0.625. The molecule has 0 aliphatic carbocycles. The maximum absolute atomic E-state index is 8.97. The van der Waals surface area contributed by atoms with Gasteiger partial charge >= 0.3 is 0 Å². The molecule has 0 radical (unpaired) electrons. The van der Waals surface area contributed by atoms with Crippen LogP contribution in [-0.4, -0.2) is 14.5 Å². The molecule has 19 heavy (non-hydrogen) atoms. The van der Waals surface area contributed by atoms with Gasteiger partial charge in [0.1, 0.15) is 0 Å². The van der Waals surface area contributed by atoms with Gasteiger partial charge in [0.15, 0.2) is 5.82 Å². The van der Waals surface area contributed by atoms with Crippen molar-refractivity contribution in [1.29, 1.82) is 5.26 Å². The molecule has 0 amide bonds. The third-order valence-electron chi connectivity index (χ3n) is 2.99. The van der Waals surface area contributed by atoms with Gasteiger partial charge in [0.05, 0.1) is 33.1 Å². The monoisotopic (exact) mass is 268 g/mol. The van der Waals surface area contributed by atoms with Crippen LogP contribution >= 0.6 is 11.3 Å². The zero-order valence-corrected chi connectivity index (χ0v) is 11.5. The van der Waals surface area contributed by atoms with E-state index >= 15 is 0 Å². The Morgan fingerprint density at radius 3 is 2.84 bits per heavy atom. The van der Waals surface area contributed by atoms with E-state index in [9.17, 15) is 0 Å². The maximum Gasteiger partial charge on any atom is 0.153 e. The maximum atomic E-state index is 8.97. The van der Waals surface area contributed by atoms with Crippen molar-refractivity contribution in [3.8, 4) is 16.8 Å². The van der Waals surface area contributed by atoms with Gasteiger partial charge in [-0.15, -0.1) is 11.3 Å². The average molecular weight is 268 g/mol. The topological polar surface area (TPSA) is 54.5 Å². The Balaban J connectivity index is 2.33. The largest absolute Gasteiger partial charge is 0.321 e. The summed E-state index contributed by atoms with van der Waals surface area (Å²) in [5, 5.41) is 8.97. The minimum Gasteiger partial charge on any atom is -0.321 e. The molecule has 5 heteroatoms. The highest BCUT2D eigenvalue weighted by Gasteiger charge is 2.16. The molecule has 0 atom stereocenters. The number of thiazole rings is 1. The van der Waals surface area contributed by atoms with Gasteiger partial charge in [0.25, 0.3) is 0 Å². The molecule has 0 unspecified atom stereocenters.